The number of carbonyl (C=O) groups excluding carboxylic acids is 7. The molecule has 22 heteroatoms. The van der Waals surface area contributed by atoms with Crippen molar-refractivity contribution in [1.29, 1.82) is 15.8 Å². The maximum atomic E-state index is 12.8. The average Bonchev–Trinajstić information content (AvgIpc) is 1.77. The molecule has 15 rings (SSSR count). The molecule has 0 atom stereocenters. The molecule has 0 saturated heterocycles. The van der Waals surface area contributed by atoms with Crippen LogP contribution in [0.2, 0.25) is 0 Å². The highest BCUT2D eigenvalue weighted by molar-refractivity contribution is 7.18. The third kappa shape index (κ3) is 17.8. The van der Waals surface area contributed by atoms with E-state index in [0.717, 1.165) is 106 Å². The van der Waals surface area contributed by atoms with Crippen LogP contribution in [0, 0.1) is 40.9 Å². The number of likely N-dealkylation sites (N-methyl/N-ethyl adjacent to an activating group) is 2. The molecule has 6 heterocycles. The van der Waals surface area contributed by atoms with E-state index in [-0.39, 0.29) is 28.1 Å². The van der Waals surface area contributed by atoms with Gasteiger partial charge in [0.15, 0.2) is 6.29 Å². The molecule has 4 amide bonds. The highest BCUT2D eigenvalue weighted by Crippen LogP contribution is 2.46. The largest absolute Gasteiger partial charge is 0.493 e. The van der Waals surface area contributed by atoms with Crippen LogP contribution in [0.5, 0.6) is 5.88 Å². The van der Waals surface area contributed by atoms with Gasteiger partial charge in [0.25, 0.3) is 29.2 Å². The number of fused-ring (bicyclic) bond motifs is 3. The van der Waals surface area contributed by atoms with Gasteiger partial charge in [-0.15, -0.1) is 34.0 Å². The fourth-order valence-corrected chi connectivity index (χ4v) is 15.4. The van der Waals surface area contributed by atoms with Crippen LogP contribution in [0.15, 0.2) is 299 Å². The van der Waals surface area contributed by atoms with Gasteiger partial charge in [-0.1, -0.05) is 164 Å². The summed E-state index contributed by atoms with van der Waals surface area (Å²) in [6.07, 6.45) is 4.43. The van der Waals surface area contributed by atoms with Crippen LogP contribution in [-0.4, -0.2) is 75.4 Å². The van der Waals surface area contributed by atoms with Gasteiger partial charge in [-0.05, 0) is 157 Å². The Morgan fingerprint density at radius 3 is 1.04 bits per heavy atom. The van der Waals surface area contributed by atoms with Crippen LogP contribution in [0.3, 0.4) is 0 Å². The van der Waals surface area contributed by atoms with Crippen molar-refractivity contribution in [3.63, 3.8) is 0 Å². The third-order valence-corrected chi connectivity index (χ3v) is 21.2. The number of aromatic hydroxyl groups is 1. The topological polar surface area (TPSA) is 259 Å². The third-order valence-electron chi connectivity index (χ3n) is 18.1. The minimum absolute atomic E-state index is 0.00297. The van der Waals surface area contributed by atoms with Crippen LogP contribution >= 0.6 is 34.0 Å². The summed E-state index contributed by atoms with van der Waals surface area (Å²) in [7, 11) is 4.22. The minimum atomic E-state index is -0.565. The molecule has 2 aliphatic heterocycles. The summed E-state index contributed by atoms with van der Waals surface area (Å²) in [6, 6.07) is 93.1. The lowest BCUT2D eigenvalue weighted by molar-refractivity contribution is -0.156. The number of para-hydroxylation sites is 3. The Labute approximate surface area is 663 Å². The number of imide groups is 2. The van der Waals surface area contributed by atoms with Gasteiger partial charge >= 0.3 is 11.9 Å². The number of hydrogen-bond donors (Lipinski definition) is 1. The number of nitriles is 3. The second-order valence-electron chi connectivity index (χ2n) is 25.5. The molecule has 558 valence electrons. The highest BCUT2D eigenvalue weighted by Gasteiger charge is 2.35. The average molecular weight is 1550 g/mol. The smallest absolute Gasteiger partial charge is 0.310 e. The Kier molecular flexibility index (Phi) is 25.5. The molecule has 4 aromatic heterocycles. The molecule has 19 nitrogen and oxygen atoms in total. The van der Waals surface area contributed by atoms with Crippen LogP contribution in [0.1, 0.15) is 58.2 Å². The van der Waals surface area contributed by atoms with Gasteiger partial charge in [-0.3, -0.25) is 52.7 Å². The zero-order valence-electron chi connectivity index (χ0n) is 62.4. The quantitative estimate of drug-likeness (QED) is 0.0392. The second-order valence-corrected chi connectivity index (χ2v) is 28.7. The van der Waals surface area contributed by atoms with Crippen molar-refractivity contribution in [2.75, 3.05) is 28.8 Å². The Bertz CT molecular complexity index is 5930. The Balaban J connectivity index is 0.000000152. The van der Waals surface area contributed by atoms with Gasteiger partial charge in [-0.25, -0.2) is 0 Å². The molecule has 0 aliphatic carbocycles. The van der Waals surface area contributed by atoms with Crippen molar-refractivity contribution in [2.45, 2.75) is 34.6 Å². The Morgan fingerprint density at radius 1 is 0.416 bits per heavy atom. The zero-order valence-corrected chi connectivity index (χ0v) is 64.9. The molecular weight excluding hydrogens is 1480 g/mol. The lowest BCUT2D eigenvalue weighted by Gasteiger charge is -2.25. The summed E-state index contributed by atoms with van der Waals surface area (Å²) in [5.74, 6) is -3.34. The first kappa shape index (κ1) is 79.6. The van der Waals surface area contributed by atoms with E-state index in [2.05, 4.69) is 159 Å². The minimum Gasteiger partial charge on any atom is -0.493 e. The number of carbonyl (C=O) groups is 7. The van der Waals surface area contributed by atoms with Crippen molar-refractivity contribution in [1.82, 2.24) is 14.4 Å². The lowest BCUT2D eigenvalue weighted by Crippen LogP contribution is -2.39. The molecule has 2 aliphatic rings. The molecule has 0 radical (unpaired) electrons. The molecular formula is C91H71N9O10S3. The number of benzene rings is 9. The summed E-state index contributed by atoms with van der Waals surface area (Å²) in [4.78, 5) is 103. The lowest BCUT2D eigenvalue weighted by atomic mass is 9.95. The van der Waals surface area contributed by atoms with Gasteiger partial charge in [0.05, 0.1) is 21.9 Å². The van der Waals surface area contributed by atoms with Crippen LogP contribution < -0.4 is 20.3 Å². The standard InChI is InChI=1S/2C29H21N3O2S.C21H15NOS.C8H8N2O2.C4H6O3/c2*1-19-24(28(33)31(2)29(34)25(19)18-30)17-22-15-16-27(35-22)32(21-11-4-3-5-12-21)26-14-8-10-20-9-6-7-13-23(20)26;23-15-18-13-14-21(24-18)22(17-9-2-1-3-10-17)20-12-6-8-16-7-4-5-11-19(16)20;1-5-3-7(11)10(2)8(12)6(5)4-9;1-3(5)7-4(2)6/h2*3-17H,1-2H3;1-15H;3,12H,1-2H3;1-2H3/b2*24-17+;;;. The number of thiophene rings is 3. The Morgan fingerprint density at radius 2 is 0.735 bits per heavy atom. The van der Waals surface area contributed by atoms with Crippen LogP contribution in [0.4, 0.5) is 49.1 Å². The number of anilines is 9. The maximum Gasteiger partial charge on any atom is 0.310 e. The normalized spacial score (nSPS) is 13.1. The van der Waals surface area contributed by atoms with Gasteiger partial charge in [0, 0.05) is 95.2 Å². The molecule has 0 spiro atoms. The Hall–Kier alpha value is -14.5. The molecule has 13 aromatic rings. The van der Waals surface area contributed by atoms with Crippen molar-refractivity contribution in [2.24, 2.45) is 7.05 Å². The predicted molar refractivity (Wildman–Crippen MR) is 448 cm³/mol. The summed E-state index contributed by atoms with van der Waals surface area (Å²) in [5, 5.41) is 46.7. The second kappa shape index (κ2) is 36.2. The maximum absolute atomic E-state index is 12.8. The molecule has 1 N–H and O–H groups in total. The highest BCUT2D eigenvalue weighted by atomic mass is 32.1. The van der Waals surface area contributed by atoms with Gasteiger partial charge in [0.1, 0.15) is 49.9 Å². The number of amides is 4. The molecule has 0 saturated carbocycles. The van der Waals surface area contributed by atoms with E-state index in [1.807, 2.05) is 133 Å². The molecule has 0 bridgehead atoms. The van der Waals surface area contributed by atoms with E-state index >= 15 is 0 Å². The number of esters is 2. The first-order valence-electron chi connectivity index (χ1n) is 35.1. The first-order valence-corrected chi connectivity index (χ1v) is 37.5. The monoisotopic (exact) mass is 1550 g/mol. The number of nitrogens with zero attached hydrogens (tertiary/aromatic N) is 9. The first-order chi connectivity index (χ1) is 54.5. The molecule has 9 aromatic carbocycles. The summed E-state index contributed by atoms with van der Waals surface area (Å²) < 4.78 is 5.01. The number of aldehydes is 1. The van der Waals surface area contributed by atoms with Gasteiger partial charge in [0.2, 0.25) is 5.88 Å². The van der Waals surface area contributed by atoms with Gasteiger partial charge < -0.3 is 24.5 Å². The van der Waals surface area contributed by atoms with Crippen LogP contribution in [0.25, 0.3) is 44.5 Å². The van der Waals surface area contributed by atoms with Crippen molar-refractivity contribution in [3.8, 4) is 24.1 Å². The molecule has 0 unspecified atom stereocenters. The van der Waals surface area contributed by atoms with E-state index in [0.29, 0.717) is 27.9 Å². The van der Waals surface area contributed by atoms with Gasteiger partial charge in [-0.2, -0.15) is 15.8 Å². The van der Waals surface area contributed by atoms with E-state index in [9.17, 15) is 54.0 Å². The molecule has 113 heavy (non-hydrogen) atoms. The van der Waals surface area contributed by atoms with E-state index in [1.165, 1.54) is 85.8 Å². The van der Waals surface area contributed by atoms with Crippen molar-refractivity contribution >= 4 is 169 Å². The number of hydrogen-bond acceptors (Lipinski definition) is 19. The van der Waals surface area contributed by atoms with Crippen molar-refractivity contribution in [3.05, 3.63) is 330 Å². The SMILES string of the molecule is CC(=O)OC(C)=O.CC1=C(C#N)C(=O)N(C)C(=O)/C1=C/c1ccc(N(c2ccccc2)c2cccc3ccccc23)s1.CC1=C(C#N)C(=O)N(C)C(=O)/C1=C/c1ccc(N(c2ccccc2)c2cccc3ccccc23)s1.Cc1cc(=O)n(C)c(O)c1C#N.O=Cc1ccc(N(c2ccccc2)c2cccc3ccccc23)s1. The van der Waals surface area contributed by atoms with E-state index in [4.69, 9.17) is 5.26 Å². The number of ether oxygens (including phenoxy) is 1. The number of aryl methyl sites for hydroxylation is 1. The summed E-state index contributed by atoms with van der Waals surface area (Å²) >= 11 is 4.57. The van der Waals surface area contributed by atoms with Crippen molar-refractivity contribution < 1.29 is 43.4 Å². The summed E-state index contributed by atoms with van der Waals surface area (Å²) in [6.45, 7) is 7.27. The fourth-order valence-electron chi connectivity index (χ4n) is 12.5. The number of rotatable bonds is 12. The summed E-state index contributed by atoms with van der Waals surface area (Å²) in [5.41, 5.74) is 8.18. The number of aromatic nitrogens is 1. The predicted octanol–water partition coefficient (Wildman–Crippen LogP) is 19.7. The van der Waals surface area contributed by atoms with Crippen LogP contribution in [-0.2, 0) is 40.6 Å². The molecule has 0 fully saturated rings. The number of pyridine rings is 1. The van der Waals surface area contributed by atoms with E-state index in [1.54, 1.807) is 32.9 Å². The zero-order chi connectivity index (χ0) is 80.6. The fraction of sp³-hybridized carbons (Fsp3) is 0.0879. The van der Waals surface area contributed by atoms with E-state index < -0.39 is 35.6 Å².